The first-order chi connectivity index (χ1) is 7.54. The Hall–Kier alpha value is -1.29. The molecule has 4 heteroatoms. The van der Waals surface area contributed by atoms with Crippen LogP contribution in [0.5, 0.6) is 0 Å². The zero-order chi connectivity index (χ0) is 12.1. The van der Waals surface area contributed by atoms with Crippen LogP contribution in [0, 0.1) is 19.8 Å². The summed E-state index contributed by atoms with van der Waals surface area (Å²) in [6.07, 6.45) is 0.691. The molecule has 0 aromatic carbocycles. The summed E-state index contributed by atoms with van der Waals surface area (Å²) in [7, 11) is 0. The molecular formula is C12H19NO3. The number of amides is 1. The number of carbonyl (C=O) groups excluding carboxylic acids is 1. The molecule has 90 valence electrons. The molecule has 1 aromatic heterocycles. The second-order valence-electron chi connectivity index (χ2n) is 4.18. The Morgan fingerprint density at radius 2 is 2.25 bits per heavy atom. The highest BCUT2D eigenvalue weighted by Crippen LogP contribution is 2.12. The fraction of sp³-hybridized carbons (Fsp3) is 0.583. The average Bonchev–Trinajstić information content (AvgIpc) is 2.56. The molecule has 0 aliphatic carbocycles. The SMILES string of the molecule is Cc1cc(C(=O)NCC(C)CCO)oc1C. The highest BCUT2D eigenvalue weighted by molar-refractivity contribution is 5.91. The van der Waals surface area contributed by atoms with Gasteiger partial charge in [-0.15, -0.1) is 0 Å². The number of aliphatic hydroxyl groups is 1. The summed E-state index contributed by atoms with van der Waals surface area (Å²) in [5.74, 6) is 1.20. The van der Waals surface area contributed by atoms with Crippen molar-refractivity contribution in [3.05, 3.63) is 23.2 Å². The van der Waals surface area contributed by atoms with Crippen molar-refractivity contribution < 1.29 is 14.3 Å². The van der Waals surface area contributed by atoms with E-state index >= 15 is 0 Å². The number of rotatable bonds is 5. The van der Waals surface area contributed by atoms with E-state index in [4.69, 9.17) is 9.52 Å². The molecule has 1 atom stereocenters. The van der Waals surface area contributed by atoms with Gasteiger partial charge in [-0.1, -0.05) is 6.92 Å². The smallest absolute Gasteiger partial charge is 0.287 e. The van der Waals surface area contributed by atoms with Gasteiger partial charge in [0.25, 0.3) is 5.91 Å². The molecule has 1 unspecified atom stereocenters. The predicted molar refractivity (Wildman–Crippen MR) is 61.4 cm³/mol. The van der Waals surface area contributed by atoms with Gasteiger partial charge in [-0.2, -0.15) is 0 Å². The Labute approximate surface area is 95.7 Å². The van der Waals surface area contributed by atoms with Gasteiger partial charge in [0, 0.05) is 13.2 Å². The highest BCUT2D eigenvalue weighted by Gasteiger charge is 2.12. The van der Waals surface area contributed by atoms with E-state index in [0.29, 0.717) is 18.7 Å². The summed E-state index contributed by atoms with van der Waals surface area (Å²) in [6.45, 7) is 6.42. The van der Waals surface area contributed by atoms with Crippen LogP contribution in [0.3, 0.4) is 0 Å². The number of carbonyl (C=O) groups is 1. The molecule has 1 amide bonds. The number of furan rings is 1. The molecule has 0 saturated carbocycles. The van der Waals surface area contributed by atoms with Gasteiger partial charge in [-0.25, -0.2) is 0 Å². The van der Waals surface area contributed by atoms with E-state index < -0.39 is 0 Å². The number of nitrogens with one attached hydrogen (secondary N) is 1. The molecule has 0 bridgehead atoms. The van der Waals surface area contributed by atoms with E-state index in [1.807, 2.05) is 20.8 Å². The van der Waals surface area contributed by atoms with Crippen LogP contribution in [0.2, 0.25) is 0 Å². The first-order valence-electron chi connectivity index (χ1n) is 5.50. The molecule has 0 aliphatic rings. The van der Waals surface area contributed by atoms with E-state index in [1.165, 1.54) is 0 Å². The largest absolute Gasteiger partial charge is 0.456 e. The van der Waals surface area contributed by atoms with Gasteiger partial charge in [0.05, 0.1) is 0 Å². The fourth-order valence-corrected chi connectivity index (χ4v) is 1.36. The lowest BCUT2D eigenvalue weighted by Gasteiger charge is -2.09. The van der Waals surface area contributed by atoms with Gasteiger partial charge in [-0.05, 0) is 37.8 Å². The third-order valence-electron chi connectivity index (χ3n) is 2.62. The number of hydrogen-bond acceptors (Lipinski definition) is 3. The molecule has 4 nitrogen and oxygen atoms in total. The maximum Gasteiger partial charge on any atom is 0.287 e. The molecule has 1 rings (SSSR count). The van der Waals surface area contributed by atoms with Crippen molar-refractivity contribution in [3.8, 4) is 0 Å². The Balaban J connectivity index is 2.46. The third-order valence-corrected chi connectivity index (χ3v) is 2.62. The minimum atomic E-state index is -0.194. The van der Waals surface area contributed by atoms with Crippen LogP contribution in [0.25, 0.3) is 0 Å². The van der Waals surface area contributed by atoms with Gasteiger partial charge in [-0.3, -0.25) is 4.79 Å². The fourth-order valence-electron chi connectivity index (χ4n) is 1.36. The van der Waals surface area contributed by atoms with Crippen molar-refractivity contribution in [2.75, 3.05) is 13.2 Å². The molecule has 0 fully saturated rings. The van der Waals surface area contributed by atoms with Crippen LogP contribution in [0.15, 0.2) is 10.5 Å². The molecule has 0 aliphatic heterocycles. The first-order valence-corrected chi connectivity index (χ1v) is 5.50. The van der Waals surface area contributed by atoms with Crippen molar-refractivity contribution >= 4 is 5.91 Å². The van der Waals surface area contributed by atoms with Crippen molar-refractivity contribution in [2.45, 2.75) is 27.2 Å². The molecule has 1 aromatic rings. The molecule has 2 N–H and O–H groups in total. The van der Waals surface area contributed by atoms with Gasteiger partial charge in [0.2, 0.25) is 0 Å². The molecule has 16 heavy (non-hydrogen) atoms. The van der Waals surface area contributed by atoms with Gasteiger partial charge >= 0.3 is 0 Å². The van der Waals surface area contributed by atoms with Crippen molar-refractivity contribution in [1.82, 2.24) is 5.32 Å². The Morgan fingerprint density at radius 1 is 1.56 bits per heavy atom. The lowest BCUT2D eigenvalue weighted by Crippen LogP contribution is -2.28. The number of aliphatic hydroxyl groups excluding tert-OH is 1. The van der Waals surface area contributed by atoms with Gasteiger partial charge in [0.1, 0.15) is 5.76 Å². The number of hydrogen-bond donors (Lipinski definition) is 2. The van der Waals surface area contributed by atoms with Crippen LogP contribution < -0.4 is 5.32 Å². The van der Waals surface area contributed by atoms with Gasteiger partial charge < -0.3 is 14.8 Å². The van der Waals surface area contributed by atoms with Crippen LogP contribution in [-0.4, -0.2) is 24.2 Å². The molecule has 1 heterocycles. The quantitative estimate of drug-likeness (QED) is 0.800. The van der Waals surface area contributed by atoms with E-state index in [2.05, 4.69) is 5.32 Å². The molecule has 0 spiro atoms. The lowest BCUT2D eigenvalue weighted by molar-refractivity contribution is 0.0916. The summed E-state index contributed by atoms with van der Waals surface area (Å²) >= 11 is 0. The molecule has 0 radical (unpaired) electrons. The standard InChI is InChI=1S/C12H19NO3/c1-8(4-5-14)7-13-12(15)11-6-9(2)10(3)16-11/h6,8,14H,4-5,7H2,1-3H3,(H,13,15). The van der Waals surface area contributed by atoms with E-state index in [9.17, 15) is 4.79 Å². The Morgan fingerprint density at radius 3 is 2.75 bits per heavy atom. The second-order valence-corrected chi connectivity index (χ2v) is 4.18. The predicted octanol–water partition coefficient (Wildman–Crippen LogP) is 1.64. The third kappa shape index (κ3) is 3.38. The minimum absolute atomic E-state index is 0.149. The summed E-state index contributed by atoms with van der Waals surface area (Å²) in [5, 5.41) is 11.5. The first kappa shape index (κ1) is 12.8. The Kier molecular flexibility index (Phi) is 4.55. The van der Waals surface area contributed by atoms with E-state index in [1.54, 1.807) is 6.07 Å². The monoisotopic (exact) mass is 225 g/mol. The molecular weight excluding hydrogens is 206 g/mol. The lowest BCUT2D eigenvalue weighted by atomic mass is 10.1. The summed E-state index contributed by atoms with van der Waals surface area (Å²) in [6, 6.07) is 1.74. The highest BCUT2D eigenvalue weighted by atomic mass is 16.3. The summed E-state index contributed by atoms with van der Waals surface area (Å²) in [5.41, 5.74) is 0.980. The normalized spacial score (nSPS) is 12.5. The van der Waals surface area contributed by atoms with Gasteiger partial charge in [0.15, 0.2) is 5.76 Å². The van der Waals surface area contributed by atoms with E-state index in [-0.39, 0.29) is 18.4 Å². The number of aryl methyl sites for hydroxylation is 2. The van der Waals surface area contributed by atoms with Crippen LogP contribution >= 0.6 is 0 Å². The van der Waals surface area contributed by atoms with Crippen LogP contribution in [0.4, 0.5) is 0 Å². The maximum atomic E-state index is 11.7. The maximum absolute atomic E-state index is 11.7. The summed E-state index contributed by atoms with van der Waals surface area (Å²) < 4.78 is 5.31. The Bertz CT molecular complexity index is 338. The van der Waals surface area contributed by atoms with Crippen molar-refractivity contribution in [1.29, 1.82) is 0 Å². The van der Waals surface area contributed by atoms with Crippen LogP contribution in [-0.2, 0) is 0 Å². The zero-order valence-electron chi connectivity index (χ0n) is 10.0. The van der Waals surface area contributed by atoms with E-state index in [0.717, 1.165) is 11.3 Å². The van der Waals surface area contributed by atoms with Crippen LogP contribution in [0.1, 0.15) is 35.2 Å². The van der Waals surface area contributed by atoms with Crippen molar-refractivity contribution in [3.63, 3.8) is 0 Å². The zero-order valence-corrected chi connectivity index (χ0v) is 10.0. The topological polar surface area (TPSA) is 62.5 Å². The summed E-state index contributed by atoms with van der Waals surface area (Å²) in [4.78, 5) is 11.7. The second kappa shape index (κ2) is 5.70. The molecule has 0 saturated heterocycles. The minimum Gasteiger partial charge on any atom is -0.456 e. The van der Waals surface area contributed by atoms with Crippen molar-refractivity contribution in [2.24, 2.45) is 5.92 Å². The average molecular weight is 225 g/mol.